The van der Waals surface area contributed by atoms with Crippen molar-refractivity contribution in [1.29, 1.82) is 0 Å². The second-order valence-electron chi connectivity index (χ2n) is 4.38. The largest absolute Gasteiger partial charge is 0.389 e. The number of nitrogens with one attached hydrogen (secondary N) is 1. The summed E-state index contributed by atoms with van der Waals surface area (Å²) in [5.74, 6) is -0.847. The van der Waals surface area contributed by atoms with E-state index >= 15 is 0 Å². The van der Waals surface area contributed by atoms with Gasteiger partial charge in [0.25, 0.3) is 5.91 Å². The third-order valence-corrected chi connectivity index (χ3v) is 3.04. The Labute approximate surface area is 121 Å². The molecule has 2 aromatic rings. The zero-order valence-electron chi connectivity index (χ0n) is 10.8. The van der Waals surface area contributed by atoms with Crippen molar-refractivity contribution in [3.05, 3.63) is 65.0 Å². The SMILES string of the molecule is Cc1ccc(NC(=O)c2ccc(C(N)=S)cc2)c(F)c1. The Kier molecular flexibility index (Phi) is 4.10. The quantitative estimate of drug-likeness (QED) is 0.854. The van der Waals surface area contributed by atoms with Gasteiger partial charge >= 0.3 is 0 Å². The van der Waals surface area contributed by atoms with Crippen LogP contribution in [0.25, 0.3) is 0 Å². The van der Waals surface area contributed by atoms with Crippen molar-refractivity contribution in [2.45, 2.75) is 6.92 Å². The van der Waals surface area contributed by atoms with E-state index in [1.54, 1.807) is 37.3 Å². The highest BCUT2D eigenvalue weighted by Crippen LogP contribution is 2.16. The van der Waals surface area contributed by atoms with Crippen LogP contribution in [0.15, 0.2) is 42.5 Å². The number of benzene rings is 2. The van der Waals surface area contributed by atoms with Crippen LogP contribution in [0.2, 0.25) is 0 Å². The molecule has 0 spiro atoms. The molecule has 20 heavy (non-hydrogen) atoms. The van der Waals surface area contributed by atoms with Crippen LogP contribution in [-0.4, -0.2) is 10.9 Å². The molecule has 102 valence electrons. The number of aryl methyl sites for hydroxylation is 1. The summed E-state index contributed by atoms with van der Waals surface area (Å²) in [5.41, 5.74) is 7.51. The van der Waals surface area contributed by atoms with Crippen molar-refractivity contribution in [3.8, 4) is 0 Å². The molecule has 2 aromatic carbocycles. The number of nitrogens with two attached hydrogens (primary N) is 1. The minimum absolute atomic E-state index is 0.152. The number of thiocarbonyl (C=S) groups is 1. The molecule has 0 bridgehead atoms. The molecule has 2 rings (SSSR count). The van der Waals surface area contributed by atoms with E-state index in [9.17, 15) is 9.18 Å². The van der Waals surface area contributed by atoms with Gasteiger partial charge in [-0.25, -0.2) is 4.39 Å². The topological polar surface area (TPSA) is 55.1 Å². The van der Waals surface area contributed by atoms with E-state index in [1.807, 2.05) is 0 Å². The fraction of sp³-hybridized carbons (Fsp3) is 0.0667. The molecule has 5 heteroatoms. The predicted octanol–water partition coefficient (Wildman–Crippen LogP) is 3.02. The Morgan fingerprint density at radius 3 is 2.30 bits per heavy atom. The smallest absolute Gasteiger partial charge is 0.255 e. The van der Waals surface area contributed by atoms with Crippen molar-refractivity contribution in [2.75, 3.05) is 5.32 Å². The molecule has 0 saturated heterocycles. The lowest BCUT2D eigenvalue weighted by atomic mass is 10.1. The standard InChI is InChI=1S/C15H13FN2OS/c1-9-2-7-13(12(16)8-9)18-15(19)11-5-3-10(4-6-11)14(17)20/h2-8H,1H3,(H2,17,20)(H,18,19). The number of carbonyl (C=O) groups is 1. The molecular formula is C15H13FN2OS. The van der Waals surface area contributed by atoms with E-state index in [0.717, 1.165) is 5.56 Å². The number of halogens is 1. The number of rotatable bonds is 3. The molecule has 0 unspecified atom stereocenters. The van der Waals surface area contributed by atoms with E-state index in [4.69, 9.17) is 18.0 Å². The maximum Gasteiger partial charge on any atom is 0.255 e. The third-order valence-electron chi connectivity index (χ3n) is 2.80. The molecule has 3 N–H and O–H groups in total. The Balaban J connectivity index is 2.17. The van der Waals surface area contributed by atoms with Crippen LogP contribution in [-0.2, 0) is 0 Å². The van der Waals surface area contributed by atoms with E-state index < -0.39 is 5.82 Å². The number of hydrogen-bond acceptors (Lipinski definition) is 2. The molecule has 0 aliphatic heterocycles. The van der Waals surface area contributed by atoms with Crippen LogP contribution < -0.4 is 11.1 Å². The maximum absolute atomic E-state index is 13.6. The van der Waals surface area contributed by atoms with Crippen LogP contribution >= 0.6 is 12.2 Å². The highest BCUT2D eigenvalue weighted by atomic mass is 32.1. The second kappa shape index (κ2) is 5.79. The summed E-state index contributed by atoms with van der Waals surface area (Å²) in [6.07, 6.45) is 0. The number of amides is 1. The molecule has 0 atom stereocenters. The lowest BCUT2D eigenvalue weighted by molar-refractivity contribution is 0.102. The maximum atomic E-state index is 13.6. The molecule has 0 aliphatic carbocycles. The highest BCUT2D eigenvalue weighted by Gasteiger charge is 2.09. The van der Waals surface area contributed by atoms with Crippen molar-refractivity contribution in [1.82, 2.24) is 0 Å². The molecule has 0 heterocycles. The lowest BCUT2D eigenvalue weighted by Crippen LogP contribution is -2.14. The first kappa shape index (κ1) is 14.1. The van der Waals surface area contributed by atoms with Gasteiger partial charge < -0.3 is 11.1 Å². The van der Waals surface area contributed by atoms with Crippen molar-refractivity contribution < 1.29 is 9.18 Å². The molecule has 0 radical (unpaired) electrons. The van der Waals surface area contributed by atoms with E-state index in [2.05, 4.69) is 5.32 Å². The zero-order valence-corrected chi connectivity index (χ0v) is 11.6. The summed E-state index contributed by atoms with van der Waals surface area (Å²) in [6.45, 7) is 1.78. The summed E-state index contributed by atoms with van der Waals surface area (Å²) in [5, 5.41) is 2.52. The lowest BCUT2D eigenvalue weighted by Gasteiger charge is -2.07. The van der Waals surface area contributed by atoms with E-state index in [1.165, 1.54) is 12.1 Å². The average molecular weight is 288 g/mol. The summed E-state index contributed by atoms with van der Waals surface area (Å²) in [4.78, 5) is 12.3. The van der Waals surface area contributed by atoms with Crippen molar-refractivity contribution >= 4 is 28.8 Å². The molecule has 1 amide bonds. The monoisotopic (exact) mass is 288 g/mol. The van der Waals surface area contributed by atoms with E-state index in [0.29, 0.717) is 11.1 Å². The summed E-state index contributed by atoms with van der Waals surface area (Å²) in [7, 11) is 0. The van der Waals surface area contributed by atoms with Gasteiger partial charge in [-0.1, -0.05) is 30.4 Å². The molecular weight excluding hydrogens is 275 g/mol. The fourth-order valence-corrected chi connectivity index (χ4v) is 1.84. The third kappa shape index (κ3) is 3.19. The highest BCUT2D eigenvalue weighted by molar-refractivity contribution is 7.80. The predicted molar refractivity (Wildman–Crippen MR) is 81.4 cm³/mol. The second-order valence-corrected chi connectivity index (χ2v) is 4.82. The molecule has 0 aromatic heterocycles. The molecule has 0 fully saturated rings. The van der Waals surface area contributed by atoms with Crippen LogP contribution in [0.1, 0.15) is 21.5 Å². The Bertz CT molecular complexity index is 668. The van der Waals surface area contributed by atoms with Gasteiger partial charge in [-0.3, -0.25) is 4.79 Å². The first-order chi connectivity index (χ1) is 9.47. The van der Waals surface area contributed by atoms with Gasteiger partial charge in [-0.2, -0.15) is 0 Å². The number of carbonyl (C=O) groups excluding carboxylic acids is 1. The Morgan fingerprint density at radius 2 is 1.75 bits per heavy atom. The van der Waals surface area contributed by atoms with Crippen LogP contribution in [0.5, 0.6) is 0 Å². The fourth-order valence-electron chi connectivity index (χ4n) is 1.70. The van der Waals surface area contributed by atoms with Crippen LogP contribution in [0.3, 0.4) is 0 Å². The summed E-state index contributed by atoms with van der Waals surface area (Å²) in [6, 6.07) is 11.1. The van der Waals surface area contributed by atoms with Crippen LogP contribution in [0, 0.1) is 12.7 Å². The number of hydrogen-bond donors (Lipinski definition) is 2. The summed E-state index contributed by atoms with van der Waals surface area (Å²) < 4.78 is 13.6. The van der Waals surface area contributed by atoms with Crippen LogP contribution in [0.4, 0.5) is 10.1 Å². The first-order valence-corrected chi connectivity index (χ1v) is 6.35. The number of anilines is 1. The first-order valence-electron chi connectivity index (χ1n) is 5.95. The Morgan fingerprint density at radius 1 is 1.15 bits per heavy atom. The average Bonchev–Trinajstić information content (AvgIpc) is 2.42. The minimum atomic E-state index is -0.460. The van der Waals surface area contributed by atoms with E-state index in [-0.39, 0.29) is 16.6 Å². The van der Waals surface area contributed by atoms with Gasteiger partial charge in [0.2, 0.25) is 0 Å². The molecule has 3 nitrogen and oxygen atoms in total. The van der Waals surface area contributed by atoms with Gasteiger partial charge in [0, 0.05) is 11.1 Å². The van der Waals surface area contributed by atoms with Crippen molar-refractivity contribution in [3.63, 3.8) is 0 Å². The molecule has 0 saturated carbocycles. The van der Waals surface area contributed by atoms with Gasteiger partial charge in [0.15, 0.2) is 0 Å². The Hall–Kier alpha value is -2.27. The van der Waals surface area contributed by atoms with Gasteiger partial charge in [-0.05, 0) is 36.8 Å². The van der Waals surface area contributed by atoms with Crippen molar-refractivity contribution in [2.24, 2.45) is 5.73 Å². The molecule has 0 aliphatic rings. The zero-order chi connectivity index (χ0) is 14.7. The van der Waals surface area contributed by atoms with Gasteiger partial charge in [0.1, 0.15) is 10.8 Å². The summed E-state index contributed by atoms with van der Waals surface area (Å²) >= 11 is 4.83. The normalized spacial score (nSPS) is 10.1. The van der Waals surface area contributed by atoms with Gasteiger partial charge in [-0.15, -0.1) is 0 Å². The minimum Gasteiger partial charge on any atom is -0.389 e. The van der Waals surface area contributed by atoms with Gasteiger partial charge in [0.05, 0.1) is 5.69 Å².